The molecule has 0 fully saturated rings. The maximum Gasteiger partial charge on any atom is 0.240 e. The van der Waals surface area contributed by atoms with Crippen molar-refractivity contribution in [2.75, 3.05) is 6.54 Å². The lowest BCUT2D eigenvalue weighted by atomic mass is 10.1. The molecule has 3 nitrogen and oxygen atoms in total. The van der Waals surface area contributed by atoms with Gasteiger partial charge in [-0.05, 0) is 24.1 Å². The van der Waals surface area contributed by atoms with Crippen molar-refractivity contribution in [3.05, 3.63) is 28.7 Å². The number of benzene rings is 1. The van der Waals surface area contributed by atoms with Crippen LogP contribution in [0.3, 0.4) is 0 Å². The highest BCUT2D eigenvalue weighted by atomic mass is 79.9. The molecular weight excluding hydrogens is 290 g/mol. The van der Waals surface area contributed by atoms with E-state index < -0.39 is 10.0 Å². The van der Waals surface area contributed by atoms with Gasteiger partial charge >= 0.3 is 0 Å². The van der Waals surface area contributed by atoms with Crippen LogP contribution in [0.2, 0.25) is 0 Å². The van der Waals surface area contributed by atoms with Crippen molar-refractivity contribution < 1.29 is 8.42 Å². The Morgan fingerprint density at radius 3 is 2.69 bits per heavy atom. The number of sulfonamides is 1. The van der Waals surface area contributed by atoms with Crippen LogP contribution in [0.4, 0.5) is 0 Å². The van der Waals surface area contributed by atoms with Crippen molar-refractivity contribution in [2.24, 2.45) is 5.92 Å². The highest BCUT2D eigenvalue weighted by Crippen LogP contribution is 2.16. The van der Waals surface area contributed by atoms with E-state index in [1.165, 1.54) is 0 Å². The maximum atomic E-state index is 11.9. The molecular formula is C11H16BrNO2S. The molecule has 1 aromatic carbocycles. The Bertz CT molecular complexity index is 445. The fourth-order valence-electron chi connectivity index (χ4n) is 1.11. The van der Waals surface area contributed by atoms with Gasteiger partial charge in [-0.1, -0.05) is 42.3 Å². The van der Waals surface area contributed by atoms with E-state index in [2.05, 4.69) is 20.7 Å². The lowest BCUT2D eigenvalue weighted by Crippen LogP contribution is -2.28. The number of hydrogen-bond acceptors (Lipinski definition) is 2. The van der Waals surface area contributed by atoms with Gasteiger partial charge in [0.05, 0.1) is 4.90 Å². The van der Waals surface area contributed by atoms with E-state index >= 15 is 0 Å². The summed E-state index contributed by atoms with van der Waals surface area (Å²) in [5, 5.41) is 0. The van der Waals surface area contributed by atoms with E-state index in [1.807, 2.05) is 13.8 Å². The summed E-state index contributed by atoms with van der Waals surface area (Å²) in [6.45, 7) is 4.53. The lowest BCUT2D eigenvalue weighted by Gasteiger charge is -2.10. The summed E-state index contributed by atoms with van der Waals surface area (Å²) in [5.41, 5.74) is 0. The molecule has 5 heteroatoms. The zero-order valence-corrected chi connectivity index (χ0v) is 11.8. The summed E-state index contributed by atoms with van der Waals surface area (Å²) in [5.74, 6) is 0.349. The molecule has 1 N–H and O–H groups in total. The van der Waals surface area contributed by atoms with Gasteiger partial charge in [0.1, 0.15) is 0 Å². The Morgan fingerprint density at radius 1 is 1.44 bits per heavy atom. The van der Waals surface area contributed by atoms with Crippen molar-refractivity contribution in [3.63, 3.8) is 0 Å². The third-order valence-corrected chi connectivity index (χ3v) is 4.34. The second-order valence-corrected chi connectivity index (χ2v) is 6.51. The SMILES string of the molecule is CCC(C)CNS(=O)(=O)c1cccc(Br)c1. The zero-order chi connectivity index (χ0) is 12.2. The summed E-state index contributed by atoms with van der Waals surface area (Å²) in [4.78, 5) is 0.296. The molecule has 0 amide bonds. The molecule has 90 valence electrons. The quantitative estimate of drug-likeness (QED) is 0.909. The number of nitrogens with one attached hydrogen (secondary N) is 1. The molecule has 0 saturated carbocycles. The molecule has 1 atom stereocenters. The van der Waals surface area contributed by atoms with Gasteiger partial charge in [-0.25, -0.2) is 13.1 Å². The fourth-order valence-corrected chi connectivity index (χ4v) is 2.87. The predicted octanol–water partition coefficient (Wildman–Crippen LogP) is 2.77. The standard InChI is InChI=1S/C11H16BrNO2S/c1-3-9(2)8-13-16(14,15)11-6-4-5-10(12)7-11/h4-7,9,13H,3,8H2,1-2H3. The minimum atomic E-state index is -3.37. The predicted molar refractivity (Wildman–Crippen MR) is 68.8 cm³/mol. The molecule has 0 bridgehead atoms. The molecule has 0 saturated heterocycles. The first-order valence-electron chi connectivity index (χ1n) is 5.21. The van der Waals surface area contributed by atoms with Crippen LogP contribution >= 0.6 is 15.9 Å². The van der Waals surface area contributed by atoms with Crippen LogP contribution < -0.4 is 4.72 Å². The second-order valence-electron chi connectivity index (χ2n) is 3.82. The Balaban J connectivity index is 2.78. The molecule has 0 aliphatic heterocycles. The average molecular weight is 306 g/mol. The van der Waals surface area contributed by atoms with Gasteiger partial charge in [0.25, 0.3) is 0 Å². The minimum absolute atomic E-state index is 0.296. The van der Waals surface area contributed by atoms with Crippen molar-refractivity contribution in [3.8, 4) is 0 Å². The smallest absolute Gasteiger partial charge is 0.211 e. The Labute approximate surface area is 105 Å². The number of halogens is 1. The van der Waals surface area contributed by atoms with Gasteiger partial charge in [-0.15, -0.1) is 0 Å². The van der Waals surface area contributed by atoms with Gasteiger partial charge in [-0.3, -0.25) is 0 Å². The molecule has 0 radical (unpaired) electrons. The third-order valence-electron chi connectivity index (χ3n) is 2.43. The van der Waals surface area contributed by atoms with Crippen LogP contribution in [0, 0.1) is 5.92 Å². The summed E-state index contributed by atoms with van der Waals surface area (Å²) < 4.78 is 27.1. The molecule has 0 aliphatic rings. The van der Waals surface area contributed by atoms with Crippen molar-refractivity contribution >= 4 is 26.0 Å². The summed E-state index contributed by atoms with van der Waals surface area (Å²) in [6, 6.07) is 6.69. The zero-order valence-electron chi connectivity index (χ0n) is 9.40. The maximum absolute atomic E-state index is 11.9. The van der Waals surface area contributed by atoms with Crippen LogP contribution in [-0.2, 0) is 10.0 Å². The normalized spacial score (nSPS) is 13.7. The number of hydrogen-bond donors (Lipinski definition) is 1. The summed E-state index contributed by atoms with van der Waals surface area (Å²) in [6.07, 6.45) is 0.959. The second kappa shape index (κ2) is 5.80. The van der Waals surface area contributed by atoms with E-state index in [-0.39, 0.29) is 0 Å². The molecule has 1 rings (SSSR count). The first-order valence-corrected chi connectivity index (χ1v) is 7.48. The summed E-state index contributed by atoms with van der Waals surface area (Å²) >= 11 is 3.26. The van der Waals surface area contributed by atoms with Gasteiger partial charge < -0.3 is 0 Å². The van der Waals surface area contributed by atoms with Gasteiger partial charge in [0.2, 0.25) is 10.0 Å². The largest absolute Gasteiger partial charge is 0.240 e. The Kier molecular flexibility index (Phi) is 4.95. The highest BCUT2D eigenvalue weighted by molar-refractivity contribution is 9.10. The van der Waals surface area contributed by atoms with E-state index in [0.717, 1.165) is 10.9 Å². The van der Waals surface area contributed by atoms with Crippen LogP contribution in [0.15, 0.2) is 33.6 Å². The molecule has 0 heterocycles. The molecule has 1 unspecified atom stereocenters. The van der Waals surface area contributed by atoms with Crippen molar-refractivity contribution in [1.29, 1.82) is 0 Å². The van der Waals surface area contributed by atoms with Gasteiger partial charge in [0.15, 0.2) is 0 Å². The third kappa shape index (κ3) is 3.88. The molecule has 0 aliphatic carbocycles. The van der Waals surface area contributed by atoms with Crippen molar-refractivity contribution in [2.45, 2.75) is 25.2 Å². The van der Waals surface area contributed by atoms with Crippen LogP contribution in [0.25, 0.3) is 0 Å². The van der Waals surface area contributed by atoms with E-state index in [9.17, 15) is 8.42 Å². The summed E-state index contributed by atoms with van der Waals surface area (Å²) in [7, 11) is -3.37. The molecule has 0 spiro atoms. The first-order chi connectivity index (χ1) is 7.45. The average Bonchev–Trinajstić information content (AvgIpc) is 2.26. The topological polar surface area (TPSA) is 46.2 Å². The molecule has 0 aromatic heterocycles. The highest BCUT2D eigenvalue weighted by Gasteiger charge is 2.14. The monoisotopic (exact) mass is 305 g/mol. The van der Waals surface area contributed by atoms with Crippen LogP contribution in [0.1, 0.15) is 20.3 Å². The molecule has 1 aromatic rings. The Morgan fingerprint density at radius 2 is 2.12 bits per heavy atom. The number of rotatable bonds is 5. The molecule has 16 heavy (non-hydrogen) atoms. The minimum Gasteiger partial charge on any atom is -0.211 e. The van der Waals surface area contributed by atoms with E-state index in [4.69, 9.17) is 0 Å². The van der Waals surface area contributed by atoms with Gasteiger partial charge in [0, 0.05) is 11.0 Å². The van der Waals surface area contributed by atoms with E-state index in [1.54, 1.807) is 24.3 Å². The van der Waals surface area contributed by atoms with Crippen LogP contribution in [0.5, 0.6) is 0 Å². The fraction of sp³-hybridized carbons (Fsp3) is 0.455. The van der Waals surface area contributed by atoms with Crippen LogP contribution in [-0.4, -0.2) is 15.0 Å². The Hall–Kier alpha value is -0.390. The first kappa shape index (κ1) is 13.7. The van der Waals surface area contributed by atoms with E-state index in [0.29, 0.717) is 17.4 Å². The van der Waals surface area contributed by atoms with Crippen molar-refractivity contribution in [1.82, 2.24) is 4.72 Å². The lowest BCUT2D eigenvalue weighted by molar-refractivity contribution is 0.528. The van der Waals surface area contributed by atoms with Gasteiger partial charge in [-0.2, -0.15) is 0 Å².